The fraction of sp³-hybridized carbons (Fsp3) is 0.500. The van der Waals surface area contributed by atoms with E-state index in [-0.39, 0.29) is 18.0 Å². The van der Waals surface area contributed by atoms with E-state index >= 15 is 0 Å². The number of halogens is 1. The summed E-state index contributed by atoms with van der Waals surface area (Å²) < 4.78 is 0. The van der Waals surface area contributed by atoms with Crippen LogP contribution in [0.5, 0.6) is 0 Å². The van der Waals surface area contributed by atoms with Crippen LogP contribution in [-0.2, 0) is 0 Å². The summed E-state index contributed by atoms with van der Waals surface area (Å²) in [5, 5.41) is 1.11. The van der Waals surface area contributed by atoms with Gasteiger partial charge >= 0.3 is 0 Å². The van der Waals surface area contributed by atoms with Crippen LogP contribution in [0, 0.1) is 6.92 Å². The summed E-state index contributed by atoms with van der Waals surface area (Å²) in [5.41, 5.74) is 2.92. The second-order valence-electron chi connectivity index (χ2n) is 5.72. The number of aromatic nitrogens is 1. The van der Waals surface area contributed by atoms with E-state index in [1.165, 1.54) is 0 Å². The highest BCUT2D eigenvalue weighted by atomic mass is 35.5. The summed E-state index contributed by atoms with van der Waals surface area (Å²) in [6.07, 6.45) is 4.53. The molecule has 4 heteroatoms. The number of H-pyrrole nitrogens is 1. The number of unbranched alkanes of at least 4 members (excludes halogenated alkanes) is 2. The third-order valence-electron chi connectivity index (χ3n) is 3.97. The van der Waals surface area contributed by atoms with E-state index in [2.05, 4.69) is 29.8 Å². The van der Waals surface area contributed by atoms with Crippen LogP contribution in [-0.4, -0.2) is 18.1 Å². The minimum Gasteiger partial charge on any atom is -0.367 e. The van der Waals surface area contributed by atoms with Gasteiger partial charge in [-0.2, -0.15) is 0 Å². The zero-order valence-corrected chi connectivity index (χ0v) is 14.6. The fourth-order valence-corrected chi connectivity index (χ4v) is 2.66. The van der Waals surface area contributed by atoms with Crippen molar-refractivity contribution < 1.29 is 0 Å². The summed E-state index contributed by atoms with van der Waals surface area (Å²) in [6.45, 7) is 8.32. The molecule has 0 atom stereocenters. The molecule has 122 valence electrons. The molecular weight excluding hydrogens is 296 g/mol. The Kier molecular flexibility index (Phi) is 7.46. The number of para-hydroxylation sites is 1. The van der Waals surface area contributed by atoms with E-state index in [9.17, 15) is 4.79 Å². The van der Waals surface area contributed by atoms with E-state index in [1.807, 2.05) is 25.1 Å². The predicted molar refractivity (Wildman–Crippen MR) is 98.6 cm³/mol. The van der Waals surface area contributed by atoms with Crippen molar-refractivity contribution in [1.82, 2.24) is 4.98 Å². The molecule has 0 saturated heterocycles. The standard InChI is InChI=1S/C18H26N2O.ClH/c1-4-6-11-20(12-7-5-2)16-13-15-10-8-9-14(3)17(15)19-18(16)21;/h8-10,13H,4-7,11-12H2,1-3H3,(H,19,21);1H. The van der Waals surface area contributed by atoms with Crippen molar-refractivity contribution in [3.63, 3.8) is 0 Å². The monoisotopic (exact) mass is 322 g/mol. The number of benzene rings is 1. The summed E-state index contributed by atoms with van der Waals surface area (Å²) in [5.74, 6) is 0. The van der Waals surface area contributed by atoms with Crippen molar-refractivity contribution in [1.29, 1.82) is 0 Å². The molecule has 0 fully saturated rings. The Morgan fingerprint density at radius 2 is 1.73 bits per heavy atom. The van der Waals surface area contributed by atoms with E-state index in [1.54, 1.807) is 0 Å². The predicted octanol–water partition coefficient (Wildman–Crippen LogP) is 4.66. The molecule has 1 aromatic carbocycles. The van der Waals surface area contributed by atoms with Crippen LogP contribution in [0.2, 0.25) is 0 Å². The second kappa shape index (κ2) is 8.84. The van der Waals surface area contributed by atoms with E-state index in [0.717, 1.165) is 60.9 Å². The average Bonchev–Trinajstić information content (AvgIpc) is 2.48. The number of hydrogen-bond donors (Lipinski definition) is 1. The van der Waals surface area contributed by atoms with Gasteiger partial charge in [0.15, 0.2) is 0 Å². The molecule has 3 nitrogen and oxygen atoms in total. The number of aryl methyl sites for hydroxylation is 1. The fourth-order valence-electron chi connectivity index (χ4n) is 2.66. The molecule has 0 spiro atoms. The maximum Gasteiger partial charge on any atom is 0.271 e. The third-order valence-corrected chi connectivity index (χ3v) is 3.97. The maximum atomic E-state index is 12.5. The Balaban J connectivity index is 0.00000242. The molecule has 0 aliphatic heterocycles. The van der Waals surface area contributed by atoms with Crippen molar-refractivity contribution in [2.24, 2.45) is 0 Å². The van der Waals surface area contributed by atoms with Gasteiger partial charge in [0, 0.05) is 18.5 Å². The lowest BCUT2D eigenvalue weighted by Crippen LogP contribution is -2.31. The van der Waals surface area contributed by atoms with Crippen molar-refractivity contribution in [2.45, 2.75) is 46.5 Å². The molecule has 0 saturated carbocycles. The SMILES string of the molecule is CCCCN(CCCC)c1cc2cccc(C)c2[nH]c1=O.Cl. The first-order valence-corrected chi connectivity index (χ1v) is 8.05. The lowest BCUT2D eigenvalue weighted by Gasteiger charge is -2.24. The molecule has 0 bridgehead atoms. The van der Waals surface area contributed by atoms with Crippen LogP contribution in [0.15, 0.2) is 29.1 Å². The molecule has 2 rings (SSSR count). The number of nitrogens with zero attached hydrogens (tertiary/aromatic N) is 1. The van der Waals surface area contributed by atoms with Gasteiger partial charge in [0.2, 0.25) is 0 Å². The van der Waals surface area contributed by atoms with E-state index in [4.69, 9.17) is 0 Å². The van der Waals surface area contributed by atoms with Crippen LogP contribution in [0.3, 0.4) is 0 Å². The molecule has 2 aromatic rings. The number of nitrogens with one attached hydrogen (secondary N) is 1. The van der Waals surface area contributed by atoms with Crippen LogP contribution in [0.4, 0.5) is 5.69 Å². The molecule has 0 amide bonds. The zero-order chi connectivity index (χ0) is 15.2. The van der Waals surface area contributed by atoms with Gasteiger partial charge in [-0.05, 0) is 31.4 Å². The Morgan fingerprint density at radius 1 is 1.09 bits per heavy atom. The molecule has 0 aliphatic carbocycles. The number of anilines is 1. The number of pyridine rings is 1. The van der Waals surface area contributed by atoms with Crippen molar-refractivity contribution in [3.8, 4) is 0 Å². The molecule has 1 heterocycles. The Morgan fingerprint density at radius 3 is 2.32 bits per heavy atom. The number of rotatable bonds is 7. The van der Waals surface area contributed by atoms with Gasteiger partial charge in [0.05, 0.1) is 5.52 Å². The van der Waals surface area contributed by atoms with Crippen LogP contribution < -0.4 is 10.5 Å². The topological polar surface area (TPSA) is 36.1 Å². The van der Waals surface area contributed by atoms with E-state index in [0.29, 0.717) is 0 Å². The largest absolute Gasteiger partial charge is 0.367 e. The lowest BCUT2D eigenvalue weighted by atomic mass is 10.1. The van der Waals surface area contributed by atoms with Gasteiger partial charge in [-0.1, -0.05) is 44.9 Å². The zero-order valence-electron chi connectivity index (χ0n) is 13.8. The first kappa shape index (κ1) is 18.6. The van der Waals surface area contributed by atoms with Gasteiger partial charge in [0.1, 0.15) is 5.69 Å². The minimum absolute atomic E-state index is 0. The minimum atomic E-state index is 0. The van der Waals surface area contributed by atoms with Gasteiger partial charge in [-0.15, -0.1) is 12.4 Å². The summed E-state index contributed by atoms with van der Waals surface area (Å²) in [6, 6.07) is 8.19. The maximum absolute atomic E-state index is 12.5. The first-order chi connectivity index (χ1) is 10.2. The molecule has 0 radical (unpaired) electrons. The number of hydrogen-bond acceptors (Lipinski definition) is 2. The molecule has 1 aromatic heterocycles. The lowest BCUT2D eigenvalue weighted by molar-refractivity contribution is 0.675. The third kappa shape index (κ3) is 4.26. The number of aromatic amines is 1. The van der Waals surface area contributed by atoms with Crippen LogP contribution in [0.1, 0.15) is 45.1 Å². The number of fused-ring (bicyclic) bond motifs is 1. The summed E-state index contributed by atoms with van der Waals surface area (Å²) >= 11 is 0. The normalized spacial score (nSPS) is 10.5. The Labute approximate surface area is 139 Å². The molecule has 1 N–H and O–H groups in total. The van der Waals surface area contributed by atoms with Gasteiger partial charge in [-0.25, -0.2) is 0 Å². The summed E-state index contributed by atoms with van der Waals surface area (Å²) in [7, 11) is 0. The Hall–Kier alpha value is -1.48. The van der Waals surface area contributed by atoms with Crippen LogP contribution >= 0.6 is 12.4 Å². The molecule has 0 aliphatic rings. The van der Waals surface area contributed by atoms with Gasteiger partial charge in [0.25, 0.3) is 5.56 Å². The highest BCUT2D eigenvalue weighted by Gasteiger charge is 2.11. The molecule has 22 heavy (non-hydrogen) atoms. The van der Waals surface area contributed by atoms with Crippen LogP contribution in [0.25, 0.3) is 10.9 Å². The quantitative estimate of drug-likeness (QED) is 0.804. The second-order valence-corrected chi connectivity index (χ2v) is 5.72. The summed E-state index contributed by atoms with van der Waals surface area (Å²) in [4.78, 5) is 17.8. The van der Waals surface area contributed by atoms with Crippen molar-refractivity contribution in [3.05, 3.63) is 40.2 Å². The average molecular weight is 323 g/mol. The van der Waals surface area contributed by atoms with Gasteiger partial charge in [-0.3, -0.25) is 4.79 Å². The highest BCUT2D eigenvalue weighted by Crippen LogP contribution is 2.19. The van der Waals surface area contributed by atoms with Gasteiger partial charge < -0.3 is 9.88 Å². The molecule has 0 unspecified atom stereocenters. The highest BCUT2D eigenvalue weighted by molar-refractivity contribution is 5.85. The van der Waals surface area contributed by atoms with Crippen molar-refractivity contribution in [2.75, 3.05) is 18.0 Å². The van der Waals surface area contributed by atoms with E-state index < -0.39 is 0 Å². The molecular formula is C18H27ClN2O. The van der Waals surface area contributed by atoms with Crippen molar-refractivity contribution >= 4 is 29.0 Å². The first-order valence-electron chi connectivity index (χ1n) is 8.05. The smallest absolute Gasteiger partial charge is 0.271 e. The Bertz CT molecular complexity index is 643.